The second kappa shape index (κ2) is 12.1. The second-order valence-corrected chi connectivity index (χ2v) is 9.18. The topological polar surface area (TPSA) is 64.4 Å². The zero-order chi connectivity index (χ0) is 26.4. The van der Waals surface area contributed by atoms with Gasteiger partial charge in [0.15, 0.2) is 0 Å². The number of halogens is 3. The van der Waals surface area contributed by atoms with Gasteiger partial charge in [-0.3, -0.25) is 4.79 Å². The van der Waals surface area contributed by atoms with Crippen LogP contribution in [0.2, 0.25) is 10.0 Å². The van der Waals surface area contributed by atoms with Gasteiger partial charge in [0.25, 0.3) is 0 Å². The fourth-order valence-corrected chi connectivity index (χ4v) is 4.32. The van der Waals surface area contributed by atoms with Gasteiger partial charge < -0.3 is 14.4 Å². The molecular weight excluding hydrogens is 514 g/mol. The molecule has 4 rings (SSSR count). The summed E-state index contributed by atoms with van der Waals surface area (Å²) in [4.78, 5) is 15.3. The number of nitrogens with zero attached hydrogens (tertiary/aromatic N) is 2. The summed E-state index contributed by atoms with van der Waals surface area (Å²) in [6.45, 7) is 3.02. The fourth-order valence-electron chi connectivity index (χ4n) is 3.82. The van der Waals surface area contributed by atoms with Gasteiger partial charge in [-0.1, -0.05) is 41.4 Å². The van der Waals surface area contributed by atoms with Crippen LogP contribution in [-0.4, -0.2) is 27.2 Å². The van der Waals surface area contributed by atoms with Crippen LogP contribution in [-0.2, 0) is 11.3 Å². The van der Waals surface area contributed by atoms with Crippen molar-refractivity contribution in [3.8, 4) is 28.1 Å². The molecule has 0 amide bonds. The van der Waals surface area contributed by atoms with Crippen molar-refractivity contribution < 1.29 is 19.0 Å². The van der Waals surface area contributed by atoms with Crippen LogP contribution in [0.4, 0.5) is 4.39 Å². The van der Waals surface area contributed by atoms with E-state index < -0.39 is 5.97 Å². The minimum absolute atomic E-state index is 0.0681. The average Bonchev–Trinajstić information content (AvgIpc) is 3.29. The van der Waals surface area contributed by atoms with Crippen molar-refractivity contribution in [1.82, 2.24) is 9.55 Å². The molecule has 3 aromatic carbocycles. The number of aliphatic carboxylic acids is 1. The van der Waals surface area contributed by atoms with E-state index in [9.17, 15) is 9.18 Å². The number of carboxylic acid groups (broad SMARTS) is 1. The smallest absolute Gasteiger partial charge is 0.303 e. The Morgan fingerprint density at radius 1 is 1.05 bits per heavy atom. The molecule has 4 aromatic rings. The van der Waals surface area contributed by atoms with Crippen molar-refractivity contribution in [1.29, 1.82) is 0 Å². The molecule has 0 atom stereocenters. The summed E-state index contributed by atoms with van der Waals surface area (Å²) >= 11 is 12.4. The summed E-state index contributed by atoms with van der Waals surface area (Å²) in [5.74, 6) is 0.149. The van der Waals surface area contributed by atoms with E-state index >= 15 is 0 Å². The normalized spacial score (nSPS) is 11.2. The highest BCUT2D eigenvalue weighted by atomic mass is 35.5. The quantitative estimate of drug-likeness (QED) is 0.207. The minimum atomic E-state index is -0.842. The number of carboxylic acids is 1. The molecule has 1 aromatic heterocycles. The van der Waals surface area contributed by atoms with Gasteiger partial charge in [0.05, 0.1) is 17.3 Å². The third-order valence-corrected chi connectivity index (χ3v) is 6.30. The average molecular weight is 539 g/mol. The van der Waals surface area contributed by atoms with E-state index in [-0.39, 0.29) is 12.2 Å². The molecule has 1 heterocycles. The van der Waals surface area contributed by atoms with E-state index in [1.807, 2.05) is 48.0 Å². The number of carbonyl (C=O) groups is 1. The second-order valence-electron chi connectivity index (χ2n) is 8.33. The zero-order valence-corrected chi connectivity index (χ0v) is 21.6. The number of hydrogen-bond donors (Lipinski definition) is 1. The van der Waals surface area contributed by atoms with Crippen LogP contribution in [0, 0.1) is 5.82 Å². The van der Waals surface area contributed by atoms with Gasteiger partial charge >= 0.3 is 5.97 Å². The summed E-state index contributed by atoms with van der Waals surface area (Å²) in [5, 5.41) is 9.78. The molecule has 0 saturated heterocycles. The first-order chi connectivity index (χ1) is 17.8. The van der Waals surface area contributed by atoms with Crippen LogP contribution in [0.3, 0.4) is 0 Å². The van der Waals surface area contributed by atoms with Crippen LogP contribution in [0.1, 0.15) is 31.2 Å². The minimum Gasteiger partial charge on any atom is -0.494 e. The molecule has 5 nitrogen and oxygen atoms in total. The van der Waals surface area contributed by atoms with E-state index in [0.29, 0.717) is 52.4 Å². The van der Waals surface area contributed by atoms with Crippen LogP contribution < -0.4 is 4.74 Å². The molecule has 1 N–H and O–H groups in total. The van der Waals surface area contributed by atoms with E-state index in [2.05, 4.69) is 0 Å². The van der Waals surface area contributed by atoms with Crippen molar-refractivity contribution in [2.45, 2.75) is 26.3 Å². The molecular formula is C29H25Cl2FN2O3. The highest BCUT2D eigenvalue weighted by Crippen LogP contribution is 2.30. The third-order valence-electron chi connectivity index (χ3n) is 5.75. The number of aromatic nitrogens is 2. The maximum absolute atomic E-state index is 14.7. The summed E-state index contributed by atoms with van der Waals surface area (Å²) in [6, 6.07) is 17.6. The molecule has 0 aliphatic rings. The molecule has 0 radical (unpaired) electrons. The highest BCUT2D eigenvalue weighted by molar-refractivity contribution is 6.36. The van der Waals surface area contributed by atoms with Crippen molar-refractivity contribution in [2.75, 3.05) is 6.61 Å². The Labute approximate surface area is 224 Å². The Hall–Kier alpha value is -3.61. The molecule has 37 heavy (non-hydrogen) atoms. The molecule has 0 spiro atoms. The van der Waals surface area contributed by atoms with Crippen molar-refractivity contribution >= 4 is 41.3 Å². The van der Waals surface area contributed by atoms with E-state index in [0.717, 1.165) is 16.7 Å². The lowest BCUT2D eigenvalue weighted by Crippen LogP contribution is -2.01. The van der Waals surface area contributed by atoms with Gasteiger partial charge in [0.1, 0.15) is 17.4 Å². The van der Waals surface area contributed by atoms with E-state index in [4.69, 9.17) is 38.0 Å². The maximum Gasteiger partial charge on any atom is 0.303 e. The molecule has 0 bridgehead atoms. The van der Waals surface area contributed by atoms with E-state index in [1.165, 1.54) is 6.07 Å². The van der Waals surface area contributed by atoms with Crippen molar-refractivity contribution in [3.05, 3.63) is 94.1 Å². The highest BCUT2D eigenvalue weighted by Gasteiger charge is 2.11. The van der Waals surface area contributed by atoms with Gasteiger partial charge in [-0.05, 0) is 79.1 Å². The molecule has 0 saturated carbocycles. The Bertz CT molecular complexity index is 1430. The van der Waals surface area contributed by atoms with Gasteiger partial charge in [-0.25, -0.2) is 9.37 Å². The van der Waals surface area contributed by atoms with E-state index in [1.54, 1.807) is 36.4 Å². The predicted octanol–water partition coefficient (Wildman–Crippen LogP) is 8.10. The van der Waals surface area contributed by atoms with Crippen molar-refractivity contribution in [3.63, 3.8) is 0 Å². The standard InChI is InChI=1S/C29H25Cl2FN2O3/c1-2-34-18-27(24-12-9-22(30)17-25(24)31)33-28(34)14-8-21-16-20(7-13-26(21)32)19-5-10-23(11-6-19)37-15-3-4-29(35)36/h5-14,16-18H,2-4,15H2,1H3,(H,35,36). The largest absolute Gasteiger partial charge is 0.494 e. The Morgan fingerprint density at radius 2 is 1.81 bits per heavy atom. The van der Waals surface area contributed by atoms with Gasteiger partial charge in [0, 0.05) is 35.3 Å². The molecule has 0 aliphatic heterocycles. The van der Waals surface area contributed by atoms with Gasteiger partial charge in [-0.2, -0.15) is 0 Å². The summed E-state index contributed by atoms with van der Waals surface area (Å²) in [5.41, 5.74) is 3.68. The molecule has 8 heteroatoms. The Morgan fingerprint density at radius 3 is 2.51 bits per heavy atom. The first-order valence-electron chi connectivity index (χ1n) is 11.8. The number of benzene rings is 3. The monoisotopic (exact) mass is 538 g/mol. The molecule has 190 valence electrons. The number of hydrogen-bond acceptors (Lipinski definition) is 3. The Kier molecular flexibility index (Phi) is 8.64. The zero-order valence-electron chi connectivity index (χ0n) is 20.1. The lowest BCUT2D eigenvalue weighted by atomic mass is 10.0. The lowest BCUT2D eigenvalue weighted by molar-refractivity contribution is -0.137. The third kappa shape index (κ3) is 6.79. The summed E-state index contributed by atoms with van der Waals surface area (Å²) < 4.78 is 22.2. The van der Waals surface area contributed by atoms with Crippen LogP contribution >= 0.6 is 23.2 Å². The first-order valence-corrected chi connectivity index (χ1v) is 12.5. The maximum atomic E-state index is 14.7. The first kappa shape index (κ1) is 26.5. The summed E-state index contributed by atoms with van der Waals surface area (Å²) in [6.07, 6.45) is 5.91. The SMILES string of the molecule is CCn1cc(-c2ccc(Cl)cc2Cl)nc1C=Cc1cc(-c2ccc(OCCCC(=O)O)cc2)ccc1F. The fraction of sp³-hybridized carbons (Fsp3) is 0.172. The predicted molar refractivity (Wildman–Crippen MR) is 146 cm³/mol. The number of rotatable bonds is 10. The number of ether oxygens (including phenoxy) is 1. The van der Waals surface area contributed by atoms with Gasteiger partial charge in [-0.15, -0.1) is 0 Å². The molecule has 0 fully saturated rings. The molecule has 0 unspecified atom stereocenters. The molecule has 0 aliphatic carbocycles. The van der Waals surface area contributed by atoms with Crippen molar-refractivity contribution in [2.24, 2.45) is 0 Å². The van der Waals surface area contributed by atoms with Crippen LogP contribution in [0.25, 0.3) is 34.5 Å². The van der Waals surface area contributed by atoms with Crippen LogP contribution in [0.5, 0.6) is 5.75 Å². The number of aryl methyl sites for hydroxylation is 1. The number of imidazole rings is 1. The summed E-state index contributed by atoms with van der Waals surface area (Å²) in [7, 11) is 0. The van der Waals surface area contributed by atoms with Gasteiger partial charge in [0.2, 0.25) is 0 Å². The lowest BCUT2D eigenvalue weighted by Gasteiger charge is -2.08. The Balaban J connectivity index is 1.52. The van der Waals surface area contributed by atoms with Crippen LogP contribution in [0.15, 0.2) is 66.9 Å².